The van der Waals surface area contributed by atoms with Gasteiger partial charge >= 0.3 is 0 Å². The fraction of sp³-hybridized carbons (Fsp3) is 0. The molecule has 16 heavy (non-hydrogen) atoms. The monoisotopic (exact) mass is 252 g/mol. The van der Waals surface area contributed by atoms with Crippen LogP contribution < -0.4 is 11.1 Å². The summed E-state index contributed by atoms with van der Waals surface area (Å²) in [6, 6.07) is 3.54. The van der Waals surface area contributed by atoms with Gasteiger partial charge in [0.15, 0.2) is 0 Å². The Bertz CT molecular complexity index is 517. The Morgan fingerprint density at radius 2 is 2.44 bits per heavy atom. The lowest BCUT2D eigenvalue weighted by Gasteiger charge is -2.02. The maximum Gasteiger partial charge on any atom is 0.266 e. The van der Waals surface area contributed by atoms with Gasteiger partial charge in [-0.3, -0.25) is 9.89 Å². The van der Waals surface area contributed by atoms with Crippen LogP contribution in [0.3, 0.4) is 0 Å². The highest BCUT2D eigenvalue weighted by molar-refractivity contribution is 7.80. The van der Waals surface area contributed by atoms with Crippen LogP contribution in [-0.2, 0) is 0 Å². The summed E-state index contributed by atoms with van der Waals surface area (Å²) in [7, 11) is 0. The lowest BCUT2D eigenvalue weighted by Crippen LogP contribution is -2.16. The van der Waals surface area contributed by atoms with Crippen LogP contribution in [0, 0.1) is 0 Å². The number of nitrogens with one attached hydrogen (secondary N) is 2. The number of anilines is 1. The lowest BCUT2D eigenvalue weighted by molar-refractivity contribution is 0.103. The average Bonchev–Trinajstić information content (AvgIpc) is 2.86. The zero-order valence-electron chi connectivity index (χ0n) is 8.06. The molecule has 0 aliphatic heterocycles. The molecule has 0 unspecified atom stereocenters. The van der Waals surface area contributed by atoms with Crippen molar-refractivity contribution < 1.29 is 4.79 Å². The zero-order valence-corrected chi connectivity index (χ0v) is 9.69. The SMILES string of the molecule is NC(=S)c1cn[nH]c1NC(=O)c1cccs1. The van der Waals surface area contributed by atoms with E-state index in [1.54, 1.807) is 12.1 Å². The van der Waals surface area contributed by atoms with Crippen LogP contribution in [0.25, 0.3) is 0 Å². The highest BCUT2D eigenvalue weighted by atomic mass is 32.1. The van der Waals surface area contributed by atoms with E-state index in [2.05, 4.69) is 15.5 Å². The number of thiocarbonyl (C=S) groups is 1. The number of hydrogen-bond donors (Lipinski definition) is 3. The molecular weight excluding hydrogens is 244 g/mol. The third-order valence-corrected chi connectivity index (χ3v) is 2.98. The van der Waals surface area contributed by atoms with Crippen LogP contribution in [0.5, 0.6) is 0 Å². The van der Waals surface area contributed by atoms with Gasteiger partial charge in [0.1, 0.15) is 10.8 Å². The molecule has 2 rings (SSSR count). The number of carbonyl (C=O) groups is 1. The number of H-pyrrole nitrogens is 1. The average molecular weight is 252 g/mol. The fourth-order valence-corrected chi connectivity index (χ4v) is 1.92. The molecule has 0 fully saturated rings. The minimum absolute atomic E-state index is 0.190. The number of aromatic amines is 1. The minimum atomic E-state index is -0.211. The van der Waals surface area contributed by atoms with Crippen molar-refractivity contribution in [1.82, 2.24) is 10.2 Å². The van der Waals surface area contributed by atoms with Crippen molar-refractivity contribution in [2.24, 2.45) is 5.73 Å². The van der Waals surface area contributed by atoms with Gasteiger partial charge in [-0.1, -0.05) is 18.3 Å². The van der Waals surface area contributed by atoms with E-state index in [0.29, 0.717) is 16.3 Å². The first-order valence-corrected chi connectivity index (χ1v) is 5.65. The molecule has 0 aromatic carbocycles. The van der Waals surface area contributed by atoms with Crippen LogP contribution in [0.1, 0.15) is 15.2 Å². The van der Waals surface area contributed by atoms with Crippen molar-refractivity contribution in [1.29, 1.82) is 0 Å². The Morgan fingerprint density at radius 3 is 3.06 bits per heavy atom. The third kappa shape index (κ3) is 2.10. The summed E-state index contributed by atoms with van der Waals surface area (Å²) >= 11 is 6.18. The predicted octanol–water partition coefficient (Wildman–Crippen LogP) is 1.36. The van der Waals surface area contributed by atoms with Gasteiger partial charge in [-0.2, -0.15) is 5.10 Å². The molecule has 0 spiro atoms. The van der Waals surface area contributed by atoms with Crippen LogP contribution in [0.15, 0.2) is 23.7 Å². The number of nitrogens with two attached hydrogens (primary N) is 1. The Kier molecular flexibility index (Phi) is 2.97. The molecule has 5 nitrogen and oxygen atoms in total. The van der Waals surface area contributed by atoms with Gasteiger partial charge in [-0.15, -0.1) is 11.3 Å². The Hall–Kier alpha value is -1.73. The van der Waals surface area contributed by atoms with Gasteiger partial charge in [-0.05, 0) is 11.4 Å². The molecule has 1 amide bonds. The summed E-state index contributed by atoms with van der Waals surface area (Å²) in [6.07, 6.45) is 1.48. The predicted molar refractivity (Wildman–Crippen MR) is 66.7 cm³/mol. The largest absolute Gasteiger partial charge is 0.389 e. The fourth-order valence-electron chi connectivity index (χ4n) is 1.15. The van der Waals surface area contributed by atoms with Crippen molar-refractivity contribution in [2.75, 3.05) is 5.32 Å². The van der Waals surface area contributed by atoms with Gasteiger partial charge in [-0.25, -0.2) is 0 Å². The van der Waals surface area contributed by atoms with Crippen molar-refractivity contribution in [3.05, 3.63) is 34.2 Å². The first-order valence-electron chi connectivity index (χ1n) is 4.36. The van der Waals surface area contributed by atoms with Gasteiger partial charge in [0.25, 0.3) is 5.91 Å². The second kappa shape index (κ2) is 4.42. The molecule has 2 aromatic heterocycles. The summed E-state index contributed by atoms with van der Waals surface area (Å²) in [5.41, 5.74) is 6.00. The Balaban J connectivity index is 2.18. The first kappa shape index (κ1) is 10.8. The topological polar surface area (TPSA) is 83.8 Å². The van der Waals surface area contributed by atoms with Crippen LogP contribution in [-0.4, -0.2) is 21.1 Å². The summed E-state index contributed by atoms with van der Waals surface area (Å²) in [6.45, 7) is 0. The third-order valence-electron chi connectivity index (χ3n) is 1.89. The molecule has 0 saturated carbocycles. The quantitative estimate of drug-likeness (QED) is 0.720. The maximum atomic E-state index is 11.7. The van der Waals surface area contributed by atoms with Gasteiger partial charge in [0.05, 0.1) is 16.6 Å². The zero-order chi connectivity index (χ0) is 11.5. The van der Waals surface area contributed by atoms with Crippen LogP contribution in [0.2, 0.25) is 0 Å². The molecule has 82 valence electrons. The number of aromatic nitrogens is 2. The molecule has 0 aliphatic rings. The summed E-state index contributed by atoms with van der Waals surface area (Å²) in [5.74, 6) is 0.211. The Labute approximate surface area is 101 Å². The smallest absolute Gasteiger partial charge is 0.266 e. The van der Waals surface area contributed by atoms with E-state index in [1.807, 2.05) is 5.38 Å². The number of carbonyl (C=O) groups excluding carboxylic acids is 1. The van der Waals surface area contributed by atoms with Crippen molar-refractivity contribution in [2.45, 2.75) is 0 Å². The second-order valence-electron chi connectivity index (χ2n) is 2.95. The molecule has 2 heterocycles. The van der Waals surface area contributed by atoms with E-state index in [-0.39, 0.29) is 10.9 Å². The molecule has 0 saturated heterocycles. The van der Waals surface area contributed by atoms with Crippen molar-refractivity contribution >= 4 is 40.3 Å². The van der Waals surface area contributed by atoms with E-state index < -0.39 is 0 Å². The number of nitrogens with zero attached hydrogens (tertiary/aromatic N) is 1. The number of hydrogen-bond acceptors (Lipinski definition) is 4. The van der Waals surface area contributed by atoms with Crippen LogP contribution >= 0.6 is 23.6 Å². The molecule has 0 aliphatic carbocycles. The van der Waals surface area contributed by atoms with E-state index >= 15 is 0 Å². The number of amides is 1. The van der Waals surface area contributed by atoms with Crippen molar-refractivity contribution in [3.8, 4) is 0 Å². The molecule has 4 N–H and O–H groups in total. The highest BCUT2D eigenvalue weighted by Crippen LogP contribution is 2.14. The molecule has 0 atom stereocenters. The van der Waals surface area contributed by atoms with Gasteiger partial charge < -0.3 is 11.1 Å². The summed E-state index contributed by atoms with van der Waals surface area (Å²) in [5, 5.41) is 10.9. The van der Waals surface area contributed by atoms with Gasteiger partial charge in [0.2, 0.25) is 0 Å². The molecule has 0 radical (unpaired) electrons. The molecule has 2 aromatic rings. The lowest BCUT2D eigenvalue weighted by atomic mass is 10.3. The molecule has 0 bridgehead atoms. The van der Waals surface area contributed by atoms with Gasteiger partial charge in [0, 0.05) is 0 Å². The molecular formula is C9H8N4OS2. The minimum Gasteiger partial charge on any atom is -0.389 e. The standard InChI is InChI=1S/C9H8N4OS2/c10-7(15)5-4-11-13-8(5)12-9(14)6-2-1-3-16-6/h1-4H,(H2,10,15)(H2,11,12,13,14). The highest BCUT2D eigenvalue weighted by Gasteiger charge is 2.12. The van der Waals surface area contributed by atoms with Crippen molar-refractivity contribution in [3.63, 3.8) is 0 Å². The van der Waals surface area contributed by atoms with E-state index in [4.69, 9.17) is 18.0 Å². The molecule has 7 heteroatoms. The number of thiophene rings is 1. The Morgan fingerprint density at radius 1 is 1.62 bits per heavy atom. The normalized spacial score (nSPS) is 10.0. The van der Waals surface area contributed by atoms with E-state index in [0.717, 1.165) is 0 Å². The summed E-state index contributed by atoms with van der Waals surface area (Å²) in [4.78, 5) is 12.5. The van der Waals surface area contributed by atoms with Crippen LogP contribution in [0.4, 0.5) is 5.82 Å². The number of rotatable bonds is 3. The summed E-state index contributed by atoms with van der Waals surface area (Å²) < 4.78 is 0. The van der Waals surface area contributed by atoms with E-state index in [1.165, 1.54) is 17.5 Å². The van der Waals surface area contributed by atoms with E-state index in [9.17, 15) is 4.79 Å². The first-order chi connectivity index (χ1) is 7.68. The second-order valence-corrected chi connectivity index (χ2v) is 4.34. The maximum absolute atomic E-state index is 11.7.